The fraction of sp³-hybridized carbons (Fsp3) is 0.818. The van der Waals surface area contributed by atoms with Crippen LogP contribution in [0.5, 0.6) is 0 Å². The average molecular weight is 396 g/mol. The lowest BCUT2D eigenvalue weighted by Gasteiger charge is -2.58. The lowest BCUT2D eigenvalue weighted by Crippen LogP contribution is -2.54. The topological polar surface area (TPSA) is 63.6 Å². The Bertz CT molecular complexity index is 707. The van der Waals surface area contributed by atoms with Crippen LogP contribution in [0.15, 0.2) is 11.4 Å². The van der Waals surface area contributed by atoms with Crippen LogP contribution in [-0.2, 0) is 14.3 Å². The Kier molecular flexibility index (Phi) is 4.92. The third-order valence-corrected chi connectivity index (χ3v) is 8.60. The molecule has 0 bridgehead atoms. The normalized spacial score (nSPS) is 47.8. The van der Waals surface area contributed by atoms with E-state index in [1.54, 1.807) is 0 Å². The number of hydrogen-bond acceptors (Lipinski definition) is 4. The average Bonchev–Trinajstić information content (AvgIpc) is 2.93. The van der Waals surface area contributed by atoms with Crippen molar-refractivity contribution in [2.24, 2.45) is 28.6 Å². The number of halogens is 2. The summed E-state index contributed by atoms with van der Waals surface area (Å²) in [4.78, 5) is 22.1. The number of carbonyl (C=O) groups is 2. The molecule has 3 fully saturated rings. The number of aliphatic hydroxyl groups is 1. The number of fused-ring (bicyclic) bond motifs is 5. The van der Waals surface area contributed by atoms with Crippen molar-refractivity contribution in [2.75, 3.05) is 0 Å². The van der Waals surface area contributed by atoms with Crippen molar-refractivity contribution >= 4 is 12.3 Å². The van der Waals surface area contributed by atoms with E-state index in [2.05, 4.69) is 6.92 Å². The molecule has 0 spiro atoms. The number of aldehydes is 1. The zero-order chi connectivity index (χ0) is 20.3. The monoisotopic (exact) mass is 396 g/mol. The number of esters is 1. The maximum Gasteiger partial charge on any atom is 0.313 e. The molecule has 0 aromatic heterocycles. The SMILES string of the molecule is C[C@]12CCC(OC(=O)CC=O)C(F)=C1C(F)C[C@@H]1[C@H]2CC[C@]2(C)C(O)CC[C@@H]12. The van der Waals surface area contributed by atoms with E-state index in [0.717, 1.165) is 25.7 Å². The Morgan fingerprint density at radius 2 is 1.96 bits per heavy atom. The van der Waals surface area contributed by atoms with Gasteiger partial charge in [-0.15, -0.1) is 0 Å². The van der Waals surface area contributed by atoms with Crippen molar-refractivity contribution in [3.8, 4) is 0 Å². The summed E-state index contributed by atoms with van der Waals surface area (Å²) in [5, 5.41) is 10.5. The van der Waals surface area contributed by atoms with Gasteiger partial charge < -0.3 is 14.6 Å². The second-order valence-corrected chi connectivity index (χ2v) is 9.78. The number of allylic oxidation sites excluding steroid dienone is 1. The third-order valence-electron chi connectivity index (χ3n) is 8.60. The Labute approximate surface area is 164 Å². The van der Waals surface area contributed by atoms with Crippen molar-refractivity contribution in [3.63, 3.8) is 0 Å². The molecular formula is C22H30F2O4. The molecule has 4 aliphatic carbocycles. The minimum atomic E-state index is -1.39. The van der Waals surface area contributed by atoms with Crippen LogP contribution in [0, 0.1) is 28.6 Å². The van der Waals surface area contributed by atoms with E-state index in [9.17, 15) is 14.7 Å². The van der Waals surface area contributed by atoms with Gasteiger partial charge in [0, 0.05) is 5.57 Å². The number of rotatable bonds is 3. The minimum absolute atomic E-state index is 0.154. The van der Waals surface area contributed by atoms with Crippen LogP contribution in [0.4, 0.5) is 8.78 Å². The largest absolute Gasteiger partial charge is 0.455 e. The minimum Gasteiger partial charge on any atom is -0.455 e. The summed E-state index contributed by atoms with van der Waals surface area (Å²) in [6, 6.07) is 0. The summed E-state index contributed by atoms with van der Waals surface area (Å²) in [5.74, 6) is -0.781. The van der Waals surface area contributed by atoms with E-state index in [1.165, 1.54) is 0 Å². The van der Waals surface area contributed by atoms with Crippen molar-refractivity contribution in [2.45, 2.75) is 83.6 Å². The van der Waals surface area contributed by atoms with Crippen LogP contribution >= 0.6 is 0 Å². The molecule has 0 radical (unpaired) electrons. The fourth-order valence-electron chi connectivity index (χ4n) is 7.15. The van der Waals surface area contributed by atoms with Crippen LogP contribution in [0.1, 0.15) is 65.2 Å². The van der Waals surface area contributed by atoms with E-state index in [0.29, 0.717) is 19.1 Å². The van der Waals surface area contributed by atoms with Crippen LogP contribution in [0.25, 0.3) is 0 Å². The highest BCUT2D eigenvalue weighted by atomic mass is 19.1. The van der Waals surface area contributed by atoms with Gasteiger partial charge in [0.05, 0.1) is 6.10 Å². The van der Waals surface area contributed by atoms with Gasteiger partial charge in [-0.3, -0.25) is 4.79 Å². The van der Waals surface area contributed by atoms with E-state index < -0.39 is 35.9 Å². The van der Waals surface area contributed by atoms with Gasteiger partial charge in [-0.2, -0.15) is 0 Å². The molecule has 28 heavy (non-hydrogen) atoms. The summed E-state index contributed by atoms with van der Waals surface area (Å²) >= 11 is 0. The maximum absolute atomic E-state index is 15.4. The van der Waals surface area contributed by atoms with E-state index in [4.69, 9.17) is 4.74 Å². The maximum atomic E-state index is 15.4. The number of alkyl halides is 1. The number of ether oxygens (including phenoxy) is 1. The summed E-state index contributed by atoms with van der Waals surface area (Å²) in [6.07, 6.45) is 1.82. The first-order valence-electron chi connectivity index (χ1n) is 10.6. The Balaban J connectivity index is 1.64. The molecular weight excluding hydrogens is 366 g/mol. The van der Waals surface area contributed by atoms with Gasteiger partial charge in [0.2, 0.25) is 0 Å². The highest BCUT2D eigenvalue weighted by Gasteiger charge is 2.61. The fourth-order valence-corrected chi connectivity index (χ4v) is 7.15. The van der Waals surface area contributed by atoms with Gasteiger partial charge in [-0.05, 0) is 73.5 Å². The molecule has 0 aromatic carbocycles. The number of aliphatic hydroxyl groups excluding tert-OH is 1. The first kappa shape index (κ1) is 20.0. The third kappa shape index (κ3) is 2.78. The van der Waals surface area contributed by atoms with Crippen molar-refractivity contribution < 1.29 is 28.2 Å². The standard InChI is InChI=1S/C22H30F2O4/c1-21-8-5-14-12(13(21)3-4-17(21)26)11-15(23)19-20(24)16(6-9-22(14,19)2)28-18(27)7-10-25/h10,12-17,26H,3-9,11H2,1-2H3/t12-,13-,14+,15?,16?,17?,21-,22+/m0/s1. The molecule has 6 heteroatoms. The quantitative estimate of drug-likeness (QED) is 0.444. The predicted molar refractivity (Wildman–Crippen MR) is 98.6 cm³/mol. The molecule has 4 aliphatic rings. The van der Waals surface area contributed by atoms with Crippen LogP contribution in [-0.4, -0.2) is 35.7 Å². The summed E-state index contributed by atoms with van der Waals surface area (Å²) < 4.78 is 35.8. The number of carbonyl (C=O) groups excluding carboxylic acids is 2. The Hall–Kier alpha value is -1.30. The van der Waals surface area contributed by atoms with Gasteiger partial charge in [0.15, 0.2) is 6.10 Å². The highest BCUT2D eigenvalue weighted by molar-refractivity contribution is 5.83. The van der Waals surface area contributed by atoms with Crippen LogP contribution in [0.2, 0.25) is 0 Å². The Morgan fingerprint density at radius 1 is 1.21 bits per heavy atom. The summed E-state index contributed by atoms with van der Waals surface area (Å²) in [5.41, 5.74) is -0.543. The lowest BCUT2D eigenvalue weighted by atomic mass is 9.47. The predicted octanol–water partition coefficient (Wildman–Crippen LogP) is 4.06. The second-order valence-electron chi connectivity index (χ2n) is 9.78. The molecule has 0 amide bonds. The molecule has 156 valence electrons. The summed E-state index contributed by atoms with van der Waals surface area (Å²) in [7, 11) is 0. The molecule has 0 saturated heterocycles. The zero-order valence-electron chi connectivity index (χ0n) is 16.6. The van der Waals surface area contributed by atoms with Crippen molar-refractivity contribution in [3.05, 3.63) is 11.4 Å². The van der Waals surface area contributed by atoms with E-state index in [-0.39, 0.29) is 41.3 Å². The molecule has 4 nitrogen and oxygen atoms in total. The molecule has 4 rings (SSSR count). The van der Waals surface area contributed by atoms with Crippen molar-refractivity contribution in [1.29, 1.82) is 0 Å². The van der Waals surface area contributed by atoms with Gasteiger partial charge in [0.1, 0.15) is 24.7 Å². The van der Waals surface area contributed by atoms with Crippen LogP contribution in [0.3, 0.4) is 0 Å². The van der Waals surface area contributed by atoms with E-state index in [1.807, 2.05) is 6.92 Å². The lowest BCUT2D eigenvalue weighted by molar-refractivity contribution is -0.151. The molecule has 3 unspecified atom stereocenters. The molecule has 0 aliphatic heterocycles. The number of hydrogen-bond donors (Lipinski definition) is 1. The first-order chi connectivity index (χ1) is 13.2. The molecule has 8 atom stereocenters. The molecule has 1 N–H and O–H groups in total. The molecule has 0 heterocycles. The zero-order valence-corrected chi connectivity index (χ0v) is 16.6. The second kappa shape index (κ2) is 6.89. The molecule has 0 aromatic rings. The van der Waals surface area contributed by atoms with Crippen molar-refractivity contribution in [1.82, 2.24) is 0 Å². The van der Waals surface area contributed by atoms with Gasteiger partial charge in [0.25, 0.3) is 0 Å². The van der Waals surface area contributed by atoms with E-state index >= 15 is 8.78 Å². The highest BCUT2D eigenvalue weighted by Crippen LogP contribution is 2.66. The smallest absolute Gasteiger partial charge is 0.313 e. The molecule has 3 saturated carbocycles. The summed E-state index contributed by atoms with van der Waals surface area (Å²) in [6.45, 7) is 4.11. The van der Waals surface area contributed by atoms with Gasteiger partial charge in [-0.1, -0.05) is 13.8 Å². The van der Waals surface area contributed by atoms with Gasteiger partial charge >= 0.3 is 5.97 Å². The van der Waals surface area contributed by atoms with Gasteiger partial charge in [-0.25, -0.2) is 8.78 Å². The Morgan fingerprint density at radius 3 is 2.68 bits per heavy atom. The van der Waals surface area contributed by atoms with Crippen LogP contribution < -0.4 is 0 Å². The first-order valence-corrected chi connectivity index (χ1v) is 10.6.